The van der Waals surface area contributed by atoms with Gasteiger partial charge in [-0.15, -0.1) is 0 Å². The van der Waals surface area contributed by atoms with E-state index in [1.165, 1.54) is 68.4 Å². The fourth-order valence-corrected chi connectivity index (χ4v) is 7.88. The second-order valence-electron chi connectivity index (χ2n) is 11.8. The molecule has 2 aromatic rings. The highest BCUT2D eigenvalue weighted by atomic mass is 16.5. The van der Waals surface area contributed by atoms with Crippen molar-refractivity contribution in [3.63, 3.8) is 0 Å². The van der Waals surface area contributed by atoms with E-state index in [2.05, 4.69) is 46.4 Å². The van der Waals surface area contributed by atoms with Crippen LogP contribution >= 0.6 is 0 Å². The summed E-state index contributed by atoms with van der Waals surface area (Å²) in [6.07, 6.45) is 12.1. The summed E-state index contributed by atoms with van der Waals surface area (Å²) in [5.74, 6) is 1.19. The summed E-state index contributed by atoms with van der Waals surface area (Å²) in [5.41, 5.74) is 6.01. The Morgan fingerprint density at radius 1 is 1.03 bits per heavy atom. The van der Waals surface area contributed by atoms with Crippen molar-refractivity contribution >= 4 is 5.82 Å². The van der Waals surface area contributed by atoms with Gasteiger partial charge in [-0.3, -0.25) is 0 Å². The van der Waals surface area contributed by atoms with Crippen LogP contribution in [-0.4, -0.2) is 66.3 Å². The number of aromatic nitrogens is 2. The Bertz CT molecular complexity index is 1090. The van der Waals surface area contributed by atoms with Crippen molar-refractivity contribution in [2.75, 3.05) is 38.2 Å². The Hall–Kier alpha value is -2.18. The largest absolute Gasteiger partial charge is 0.462 e. The van der Waals surface area contributed by atoms with Gasteiger partial charge in [0.1, 0.15) is 12.4 Å². The monoisotopic (exact) mass is 473 g/mol. The second-order valence-corrected chi connectivity index (χ2v) is 11.8. The normalized spacial score (nSPS) is 32.0. The molecule has 4 heterocycles. The van der Waals surface area contributed by atoms with Crippen molar-refractivity contribution in [1.29, 1.82) is 0 Å². The third kappa shape index (κ3) is 3.75. The van der Waals surface area contributed by atoms with Crippen LogP contribution in [0.25, 0.3) is 0 Å². The van der Waals surface area contributed by atoms with Crippen LogP contribution in [0.3, 0.4) is 0 Å². The van der Waals surface area contributed by atoms with Crippen molar-refractivity contribution < 1.29 is 4.74 Å². The second kappa shape index (κ2) is 8.74. The fourth-order valence-electron chi connectivity index (χ4n) is 7.88. The molecular weight excluding hydrogens is 434 g/mol. The maximum Gasteiger partial charge on any atom is 0.318 e. The van der Waals surface area contributed by atoms with Crippen LogP contribution in [0.5, 0.6) is 6.01 Å². The standard InChI is InChI=1S/C29H39N5O/c1-33-15-5-8-23(33)19-35-28-31-26-16-29(13-4-7-20-6-2-3-9-25(20)29)14-12-24(26)27(32-28)34-21-10-11-22(34)18-30-17-21/h2-3,6,9,21-23,30H,4-5,7-8,10-19H2,1H3/t21-,22+,23-,29?/m0/s1. The number of likely N-dealkylation sites (N-methyl/N-ethyl adjacent to an activating group) is 1. The zero-order valence-electron chi connectivity index (χ0n) is 21.1. The molecule has 0 saturated carbocycles. The van der Waals surface area contributed by atoms with E-state index in [4.69, 9.17) is 14.7 Å². The number of benzene rings is 1. The summed E-state index contributed by atoms with van der Waals surface area (Å²) in [6.45, 7) is 3.98. The van der Waals surface area contributed by atoms with Crippen molar-refractivity contribution in [1.82, 2.24) is 20.2 Å². The van der Waals surface area contributed by atoms with Crippen molar-refractivity contribution in [3.05, 3.63) is 46.6 Å². The maximum atomic E-state index is 6.39. The third-order valence-corrected chi connectivity index (χ3v) is 9.80. The number of ether oxygens (including phenoxy) is 1. The van der Waals surface area contributed by atoms with Crippen molar-refractivity contribution in [2.45, 2.75) is 87.7 Å². The molecule has 3 aliphatic heterocycles. The Labute approximate surface area is 209 Å². The number of piperazine rings is 1. The lowest BCUT2D eigenvalue weighted by molar-refractivity contribution is 0.186. The van der Waals surface area contributed by atoms with Crippen LogP contribution in [0, 0.1) is 0 Å². The molecular formula is C29H39N5O. The van der Waals surface area contributed by atoms with Gasteiger partial charge < -0.3 is 19.9 Å². The van der Waals surface area contributed by atoms with E-state index >= 15 is 0 Å². The summed E-state index contributed by atoms with van der Waals surface area (Å²) in [7, 11) is 2.21. The summed E-state index contributed by atoms with van der Waals surface area (Å²) >= 11 is 0. The predicted octanol–water partition coefficient (Wildman–Crippen LogP) is 3.65. The molecule has 6 heteroatoms. The molecule has 2 aliphatic carbocycles. The van der Waals surface area contributed by atoms with Gasteiger partial charge in [-0.2, -0.15) is 9.97 Å². The molecule has 5 aliphatic rings. The third-order valence-electron chi connectivity index (χ3n) is 9.80. The Morgan fingerprint density at radius 2 is 1.89 bits per heavy atom. The van der Waals surface area contributed by atoms with E-state index in [1.807, 2.05) is 0 Å². The number of hydrogen-bond donors (Lipinski definition) is 1. The Morgan fingerprint density at radius 3 is 2.71 bits per heavy atom. The molecule has 1 unspecified atom stereocenters. The molecule has 1 N–H and O–H groups in total. The topological polar surface area (TPSA) is 53.5 Å². The highest BCUT2D eigenvalue weighted by molar-refractivity contribution is 5.56. The van der Waals surface area contributed by atoms with E-state index in [-0.39, 0.29) is 5.41 Å². The lowest BCUT2D eigenvalue weighted by Gasteiger charge is -2.44. The number of hydrogen-bond acceptors (Lipinski definition) is 6. The Balaban J connectivity index is 1.26. The SMILES string of the molecule is CN1CCC[C@H]1COc1nc2c(c(N3[C@@H]4CC[C@H]3CNC4)n1)CCC1(CCCc3ccccc31)C2. The van der Waals surface area contributed by atoms with Gasteiger partial charge in [-0.25, -0.2) is 0 Å². The van der Waals surface area contributed by atoms with Gasteiger partial charge in [0.25, 0.3) is 0 Å². The number of likely N-dealkylation sites (tertiary alicyclic amines) is 1. The maximum absolute atomic E-state index is 6.39. The van der Waals surface area contributed by atoms with Crippen LogP contribution in [0.2, 0.25) is 0 Å². The molecule has 1 aromatic carbocycles. The number of aryl methyl sites for hydroxylation is 1. The zero-order valence-corrected chi connectivity index (χ0v) is 21.1. The van der Waals surface area contributed by atoms with Crippen LogP contribution in [0.15, 0.2) is 24.3 Å². The van der Waals surface area contributed by atoms with E-state index in [0.717, 1.165) is 32.5 Å². The summed E-state index contributed by atoms with van der Waals surface area (Å²) in [5, 5.41) is 3.64. The number of nitrogens with zero attached hydrogens (tertiary/aromatic N) is 4. The first-order valence-corrected chi connectivity index (χ1v) is 14.0. The van der Waals surface area contributed by atoms with E-state index in [0.29, 0.717) is 30.7 Å². The minimum absolute atomic E-state index is 0.221. The minimum Gasteiger partial charge on any atom is -0.462 e. The van der Waals surface area contributed by atoms with Crippen LogP contribution in [0.4, 0.5) is 5.82 Å². The smallest absolute Gasteiger partial charge is 0.318 e. The quantitative estimate of drug-likeness (QED) is 0.732. The van der Waals surface area contributed by atoms with E-state index in [9.17, 15) is 0 Å². The molecule has 0 radical (unpaired) electrons. The summed E-state index contributed by atoms with van der Waals surface area (Å²) in [6, 6.07) is 11.4. The molecule has 6 nitrogen and oxygen atoms in total. The molecule has 186 valence electrons. The zero-order chi connectivity index (χ0) is 23.4. The lowest BCUT2D eigenvalue weighted by atomic mass is 9.62. The molecule has 35 heavy (non-hydrogen) atoms. The highest BCUT2D eigenvalue weighted by Gasteiger charge is 2.44. The van der Waals surface area contributed by atoms with Crippen molar-refractivity contribution in [2.24, 2.45) is 0 Å². The van der Waals surface area contributed by atoms with E-state index < -0.39 is 0 Å². The molecule has 1 aromatic heterocycles. The van der Waals surface area contributed by atoms with Gasteiger partial charge in [0.15, 0.2) is 0 Å². The molecule has 4 atom stereocenters. The van der Waals surface area contributed by atoms with Gasteiger partial charge >= 0.3 is 6.01 Å². The first-order valence-electron chi connectivity index (χ1n) is 14.0. The molecule has 1 spiro atoms. The summed E-state index contributed by atoms with van der Waals surface area (Å²) in [4.78, 5) is 15.4. The Kier molecular flexibility index (Phi) is 5.50. The van der Waals surface area contributed by atoms with Crippen molar-refractivity contribution in [3.8, 4) is 6.01 Å². The first kappa shape index (κ1) is 22.1. The van der Waals surface area contributed by atoms with Gasteiger partial charge in [-0.1, -0.05) is 24.3 Å². The summed E-state index contributed by atoms with van der Waals surface area (Å²) < 4.78 is 6.39. The number of anilines is 1. The van der Waals surface area contributed by atoms with Crippen LogP contribution in [-0.2, 0) is 24.7 Å². The molecule has 0 amide bonds. The predicted molar refractivity (Wildman–Crippen MR) is 138 cm³/mol. The molecule has 3 saturated heterocycles. The average molecular weight is 474 g/mol. The van der Waals surface area contributed by atoms with Gasteiger partial charge in [-0.05, 0) is 88.9 Å². The minimum atomic E-state index is 0.221. The van der Waals surface area contributed by atoms with Gasteiger partial charge in [0, 0.05) is 42.2 Å². The van der Waals surface area contributed by atoms with Crippen LogP contribution in [0.1, 0.15) is 67.3 Å². The molecule has 3 fully saturated rings. The molecule has 7 rings (SSSR count). The number of rotatable bonds is 4. The van der Waals surface area contributed by atoms with Gasteiger partial charge in [0.05, 0.1) is 5.69 Å². The van der Waals surface area contributed by atoms with Gasteiger partial charge in [0.2, 0.25) is 0 Å². The molecule has 2 bridgehead atoms. The van der Waals surface area contributed by atoms with E-state index in [1.54, 1.807) is 11.1 Å². The number of nitrogens with one attached hydrogen (secondary N) is 1. The fraction of sp³-hybridized carbons (Fsp3) is 0.655. The number of fused-ring (bicyclic) bond motifs is 5. The van der Waals surface area contributed by atoms with Crippen LogP contribution < -0.4 is 15.0 Å². The lowest BCUT2D eigenvalue weighted by Crippen LogP contribution is -2.53. The average Bonchev–Trinajstić information content (AvgIpc) is 3.40. The first-order chi connectivity index (χ1) is 17.2. The highest BCUT2D eigenvalue weighted by Crippen LogP contribution is 2.48.